The molecule has 2 aromatic carbocycles. The van der Waals surface area contributed by atoms with E-state index in [1.165, 1.54) is 6.92 Å². The van der Waals surface area contributed by atoms with Crippen LogP contribution in [0.15, 0.2) is 52.9 Å². The minimum Gasteiger partial charge on any atom is -0.464 e. The number of nitrogens with zero attached hydrogens (tertiary/aromatic N) is 1. The van der Waals surface area contributed by atoms with Gasteiger partial charge in [0.25, 0.3) is 0 Å². The summed E-state index contributed by atoms with van der Waals surface area (Å²) in [5, 5.41) is 2.61. The first kappa shape index (κ1) is 18.4. The molecule has 1 amide bonds. The molecule has 0 saturated heterocycles. The van der Waals surface area contributed by atoms with E-state index < -0.39 is 12.0 Å². The Morgan fingerprint density at radius 1 is 1.15 bits per heavy atom. The molecule has 0 aliphatic rings. The molecule has 0 fully saturated rings. The van der Waals surface area contributed by atoms with Gasteiger partial charge in [0.15, 0.2) is 5.58 Å². The quantitative estimate of drug-likeness (QED) is 0.644. The Bertz CT molecular complexity index is 900. The lowest BCUT2D eigenvalue weighted by molar-refractivity contribution is -0.147. The second kappa shape index (κ2) is 8.35. The molecule has 0 saturated carbocycles. The van der Waals surface area contributed by atoms with Crippen LogP contribution in [0, 0.1) is 0 Å². The Labute approximate surface area is 156 Å². The Hall–Kier alpha value is -3.35. The number of fused-ring (bicyclic) bond motifs is 1. The number of esters is 1. The molecule has 0 bridgehead atoms. The minimum atomic E-state index is -0.730. The molecule has 7 nitrogen and oxygen atoms in total. The monoisotopic (exact) mass is 368 g/mol. The summed E-state index contributed by atoms with van der Waals surface area (Å²) in [6.07, 6.45) is 0.480. The predicted octanol–water partition coefficient (Wildman–Crippen LogP) is 3.23. The minimum absolute atomic E-state index is 0.159. The van der Waals surface area contributed by atoms with E-state index in [2.05, 4.69) is 10.3 Å². The Morgan fingerprint density at radius 3 is 2.56 bits per heavy atom. The number of hydrogen-bond acceptors (Lipinski definition) is 6. The summed E-state index contributed by atoms with van der Waals surface area (Å²) in [7, 11) is 0. The van der Waals surface area contributed by atoms with Crippen LogP contribution in [0.3, 0.4) is 0 Å². The number of carbonyl (C=O) groups is 2. The molecule has 1 N–H and O–H groups in total. The largest absolute Gasteiger partial charge is 0.464 e. The van der Waals surface area contributed by atoms with Gasteiger partial charge in [-0.25, -0.2) is 4.79 Å². The number of oxazole rings is 1. The highest BCUT2D eigenvalue weighted by molar-refractivity contribution is 5.83. The maximum absolute atomic E-state index is 12.0. The van der Waals surface area contributed by atoms with Crippen LogP contribution in [0.1, 0.15) is 19.4 Å². The van der Waals surface area contributed by atoms with Gasteiger partial charge in [-0.2, -0.15) is 4.98 Å². The summed E-state index contributed by atoms with van der Waals surface area (Å²) in [5.41, 5.74) is 2.22. The van der Waals surface area contributed by atoms with Gasteiger partial charge in [-0.1, -0.05) is 24.3 Å². The summed E-state index contributed by atoms with van der Waals surface area (Å²) < 4.78 is 16.2. The Kier molecular flexibility index (Phi) is 5.71. The van der Waals surface area contributed by atoms with E-state index in [0.717, 1.165) is 11.1 Å². The summed E-state index contributed by atoms with van der Waals surface area (Å²) in [6.45, 7) is 3.34. The van der Waals surface area contributed by atoms with Gasteiger partial charge >= 0.3 is 12.0 Å². The van der Waals surface area contributed by atoms with Crippen molar-refractivity contribution in [1.29, 1.82) is 0 Å². The number of amides is 1. The first-order valence-corrected chi connectivity index (χ1v) is 8.61. The zero-order valence-electron chi connectivity index (χ0n) is 15.1. The van der Waals surface area contributed by atoms with Crippen LogP contribution in [-0.4, -0.2) is 29.5 Å². The average Bonchev–Trinajstić information content (AvgIpc) is 3.05. The fraction of sp³-hybridized carbons (Fsp3) is 0.250. The maximum Gasteiger partial charge on any atom is 0.400 e. The van der Waals surface area contributed by atoms with Crippen molar-refractivity contribution in [2.24, 2.45) is 0 Å². The third-order valence-electron chi connectivity index (χ3n) is 3.79. The van der Waals surface area contributed by atoms with E-state index >= 15 is 0 Å². The van der Waals surface area contributed by atoms with Crippen LogP contribution in [0.4, 0.5) is 0 Å². The lowest BCUT2D eigenvalue weighted by atomic mass is 10.1. The molecule has 1 aromatic heterocycles. The first-order valence-electron chi connectivity index (χ1n) is 8.61. The Morgan fingerprint density at radius 2 is 1.89 bits per heavy atom. The number of carbonyl (C=O) groups excluding carboxylic acids is 2. The highest BCUT2D eigenvalue weighted by atomic mass is 16.6. The van der Waals surface area contributed by atoms with Crippen LogP contribution in [0.25, 0.3) is 11.1 Å². The molecule has 140 valence electrons. The average molecular weight is 368 g/mol. The van der Waals surface area contributed by atoms with E-state index in [1.54, 1.807) is 19.1 Å². The number of ether oxygens (including phenoxy) is 2. The molecule has 1 atom stereocenters. The van der Waals surface area contributed by atoms with E-state index in [4.69, 9.17) is 13.9 Å². The third kappa shape index (κ3) is 4.84. The number of nitrogens with one attached hydrogen (secondary N) is 1. The molecule has 3 aromatic rings. The van der Waals surface area contributed by atoms with Crippen molar-refractivity contribution < 1.29 is 23.5 Å². The van der Waals surface area contributed by atoms with Gasteiger partial charge in [0, 0.05) is 13.3 Å². The second-order valence-corrected chi connectivity index (χ2v) is 5.90. The van der Waals surface area contributed by atoms with Crippen molar-refractivity contribution in [3.05, 3.63) is 54.1 Å². The summed E-state index contributed by atoms with van der Waals surface area (Å²) in [4.78, 5) is 27.6. The first-order chi connectivity index (χ1) is 13.0. The smallest absolute Gasteiger partial charge is 0.400 e. The lowest BCUT2D eigenvalue weighted by Crippen LogP contribution is -2.42. The zero-order chi connectivity index (χ0) is 19.2. The SMILES string of the molecule is CCOC(=O)[C@H](Cc1ccc(Oc2nc3ccccc3o2)cc1)NC(C)=O. The molecule has 27 heavy (non-hydrogen) atoms. The van der Waals surface area contributed by atoms with Crippen molar-refractivity contribution in [3.8, 4) is 11.8 Å². The van der Waals surface area contributed by atoms with E-state index in [9.17, 15) is 9.59 Å². The van der Waals surface area contributed by atoms with E-state index in [-0.39, 0.29) is 18.6 Å². The number of hydrogen-bond donors (Lipinski definition) is 1. The molecule has 0 spiro atoms. The fourth-order valence-corrected chi connectivity index (χ4v) is 2.61. The lowest BCUT2D eigenvalue weighted by Gasteiger charge is -2.16. The standard InChI is InChI=1S/C20H20N2O5/c1-3-25-19(24)17(21-13(2)23)12-14-8-10-15(11-9-14)26-20-22-16-6-4-5-7-18(16)27-20/h4-11,17H,3,12H2,1-2H3,(H,21,23)/t17-/m0/s1. The number of para-hydroxylation sites is 2. The summed E-state index contributed by atoms with van der Waals surface area (Å²) in [6, 6.07) is 13.8. The van der Waals surface area contributed by atoms with Crippen LogP contribution in [0.5, 0.6) is 11.8 Å². The normalized spacial score (nSPS) is 11.8. The molecular formula is C20H20N2O5. The van der Waals surface area contributed by atoms with Crippen LogP contribution in [-0.2, 0) is 20.7 Å². The molecular weight excluding hydrogens is 348 g/mol. The summed E-state index contributed by atoms with van der Waals surface area (Å²) >= 11 is 0. The van der Waals surface area contributed by atoms with Crippen molar-refractivity contribution >= 4 is 23.0 Å². The van der Waals surface area contributed by atoms with Crippen LogP contribution < -0.4 is 10.1 Å². The maximum atomic E-state index is 12.0. The molecule has 0 radical (unpaired) electrons. The van der Waals surface area contributed by atoms with Crippen molar-refractivity contribution in [2.75, 3.05) is 6.61 Å². The van der Waals surface area contributed by atoms with Gasteiger partial charge in [0.1, 0.15) is 17.3 Å². The predicted molar refractivity (Wildman–Crippen MR) is 98.5 cm³/mol. The van der Waals surface area contributed by atoms with E-state index in [0.29, 0.717) is 17.8 Å². The van der Waals surface area contributed by atoms with Gasteiger partial charge in [-0.3, -0.25) is 4.79 Å². The van der Waals surface area contributed by atoms with Crippen molar-refractivity contribution in [1.82, 2.24) is 10.3 Å². The molecule has 3 rings (SSSR count). The molecule has 0 unspecified atom stereocenters. The molecule has 1 heterocycles. The van der Waals surface area contributed by atoms with Crippen molar-refractivity contribution in [3.63, 3.8) is 0 Å². The van der Waals surface area contributed by atoms with Gasteiger partial charge in [0.2, 0.25) is 5.91 Å². The van der Waals surface area contributed by atoms with E-state index in [1.807, 2.05) is 36.4 Å². The summed E-state index contributed by atoms with van der Waals surface area (Å²) in [5.74, 6) is -0.194. The highest BCUT2D eigenvalue weighted by Crippen LogP contribution is 2.25. The molecule has 0 aliphatic carbocycles. The number of rotatable bonds is 7. The van der Waals surface area contributed by atoms with Gasteiger partial charge in [-0.15, -0.1) is 0 Å². The number of benzene rings is 2. The van der Waals surface area contributed by atoms with Gasteiger partial charge in [0.05, 0.1) is 6.61 Å². The Balaban J connectivity index is 1.68. The topological polar surface area (TPSA) is 90.7 Å². The molecule has 0 aliphatic heterocycles. The van der Waals surface area contributed by atoms with Crippen LogP contribution in [0.2, 0.25) is 0 Å². The fourth-order valence-electron chi connectivity index (χ4n) is 2.61. The zero-order valence-corrected chi connectivity index (χ0v) is 15.1. The van der Waals surface area contributed by atoms with Gasteiger partial charge in [-0.05, 0) is 36.8 Å². The third-order valence-corrected chi connectivity index (χ3v) is 3.79. The molecule has 7 heteroatoms. The number of aromatic nitrogens is 1. The highest BCUT2D eigenvalue weighted by Gasteiger charge is 2.21. The van der Waals surface area contributed by atoms with Gasteiger partial charge < -0.3 is 19.2 Å². The van der Waals surface area contributed by atoms with Crippen molar-refractivity contribution in [2.45, 2.75) is 26.3 Å². The van der Waals surface area contributed by atoms with Crippen LogP contribution >= 0.6 is 0 Å². The second-order valence-electron chi connectivity index (χ2n) is 5.90.